The number of esters is 2. The van der Waals surface area contributed by atoms with Crippen LogP contribution in [-0.2, 0) is 51.0 Å². The molecule has 2 aromatic carbocycles. The van der Waals surface area contributed by atoms with E-state index in [1.165, 1.54) is 13.8 Å². The average molecular weight is 812 g/mol. The van der Waals surface area contributed by atoms with E-state index in [0.717, 1.165) is 35.1 Å². The van der Waals surface area contributed by atoms with Crippen molar-refractivity contribution in [2.75, 3.05) is 13.2 Å². The summed E-state index contributed by atoms with van der Waals surface area (Å²) in [6.07, 6.45) is -3.33. The van der Waals surface area contributed by atoms with Crippen LogP contribution in [0.3, 0.4) is 0 Å². The van der Waals surface area contributed by atoms with Gasteiger partial charge >= 0.3 is 18.1 Å². The van der Waals surface area contributed by atoms with Crippen LogP contribution in [0, 0.1) is 10.1 Å². The Morgan fingerprint density at radius 1 is 1.00 bits per heavy atom. The first kappa shape index (κ1) is 41.0. The molecular formula is C37H42ClN7O12. The number of benzene rings is 2. The summed E-state index contributed by atoms with van der Waals surface area (Å²) in [5.41, 5.74) is 3.53. The number of aryl methyl sites for hydroxylation is 1. The quantitative estimate of drug-likeness (QED) is 0.0443. The molecule has 0 amide bonds. The second-order valence-corrected chi connectivity index (χ2v) is 13.8. The van der Waals surface area contributed by atoms with Crippen molar-refractivity contribution in [3.63, 3.8) is 0 Å². The third kappa shape index (κ3) is 10.4. The van der Waals surface area contributed by atoms with Gasteiger partial charge in [0.1, 0.15) is 24.1 Å². The number of hydrogen-bond donors (Lipinski definition) is 1. The number of tetrazole rings is 1. The molecule has 19 nitrogen and oxygen atoms in total. The van der Waals surface area contributed by atoms with Gasteiger partial charge in [0.05, 0.1) is 13.2 Å². The Kier molecular flexibility index (Phi) is 13.7. The van der Waals surface area contributed by atoms with Gasteiger partial charge in [0, 0.05) is 31.9 Å². The number of aromatic nitrogens is 6. The summed E-state index contributed by atoms with van der Waals surface area (Å²) >= 11 is 6.54. The normalized spacial score (nSPS) is 19.6. The Morgan fingerprint density at radius 3 is 2.37 bits per heavy atom. The summed E-state index contributed by atoms with van der Waals surface area (Å²) < 4.78 is 34.8. The van der Waals surface area contributed by atoms with Crippen molar-refractivity contribution in [1.29, 1.82) is 0 Å². The zero-order valence-corrected chi connectivity index (χ0v) is 32.2. The summed E-state index contributed by atoms with van der Waals surface area (Å²) in [6, 6.07) is 15.5. The fourth-order valence-corrected chi connectivity index (χ4v) is 6.92. The van der Waals surface area contributed by atoms with Gasteiger partial charge in [-0.25, -0.2) is 14.6 Å². The molecule has 4 heterocycles. The van der Waals surface area contributed by atoms with Gasteiger partial charge in [-0.15, -0.1) is 20.3 Å². The number of H-pyrrole nitrogens is 1. The summed E-state index contributed by atoms with van der Waals surface area (Å²) in [5.74, 6) is -0.312. The Bertz CT molecular complexity index is 2010. The van der Waals surface area contributed by atoms with Crippen LogP contribution in [-0.4, -0.2) is 103 Å². The van der Waals surface area contributed by atoms with Gasteiger partial charge in [-0.2, -0.15) is 5.21 Å². The molecule has 6 atom stereocenters. The lowest BCUT2D eigenvalue weighted by atomic mass is 9.98. The van der Waals surface area contributed by atoms with Crippen molar-refractivity contribution in [3.05, 3.63) is 80.9 Å². The molecule has 2 aliphatic rings. The highest BCUT2D eigenvalue weighted by molar-refractivity contribution is 6.32. The third-order valence-electron chi connectivity index (χ3n) is 9.36. The number of rotatable bonds is 18. The van der Waals surface area contributed by atoms with E-state index in [4.69, 9.17) is 40.0 Å². The molecule has 0 radical (unpaired) electrons. The minimum atomic E-state index is -1.38. The molecule has 1 N–H and O–H groups in total. The number of carbonyl (C=O) groups excluding carboxylic acids is 3. The molecule has 2 aliphatic heterocycles. The predicted octanol–water partition coefficient (Wildman–Crippen LogP) is 5.28. The maximum absolute atomic E-state index is 13.6. The molecule has 2 aromatic heterocycles. The van der Waals surface area contributed by atoms with Gasteiger partial charge in [-0.3, -0.25) is 4.79 Å². The number of carbonyl (C=O) groups is 3. The maximum Gasteiger partial charge on any atom is 0.511 e. The van der Waals surface area contributed by atoms with E-state index in [1.54, 1.807) is 4.57 Å². The highest BCUT2D eigenvalue weighted by atomic mass is 35.5. The topological polar surface area (TPSA) is 231 Å². The van der Waals surface area contributed by atoms with E-state index in [2.05, 4.69) is 30.4 Å². The minimum Gasteiger partial charge on any atom is -0.457 e. The first-order chi connectivity index (χ1) is 27.5. The predicted molar refractivity (Wildman–Crippen MR) is 197 cm³/mol. The van der Waals surface area contributed by atoms with Crippen LogP contribution >= 0.6 is 11.6 Å². The van der Waals surface area contributed by atoms with Gasteiger partial charge in [-0.05, 0) is 48.1 Å². The fraction of sp³-hybridized carbons (Fsp3) is 0.486. The van der Waals surface area contributed by atoms with Crippen molar-refractivity contribution >= 4 is 29.7 Å². The van der Waals surface area contributed by atoms with Crippen molar-refractivity contribution in [1.82, 2.24) is 30.2 Å². The van der Waals surface area contributed by atoms with Crippen LogP contribution < -0.4 is 0 Å². The second kappa shape index (κ2) is 19.0. The number of aromatic amines is 1. The number of imidazole rings is 1. The van der Waals surface area contributed by atoms with Gasteiger partial charge in [0.25, 0.3) is 5.09 Å². The Balaban J connectivity index is 1.03. The van der Waals surface area contributed by atoms with Crippen molar-refractivity contribution < 1.29 is 52.7 Å². The van der Waals surface area contributed by atoms with E-state index < -0.39 is 60.0 Å². The molecule has 0 bridgehead atoms. The largest absolute Gasteiger partial charge is 0.511 e. The molecular weight excluding hydrogens is 770 g/mol. The number of nitrogens with one attached hydrogen (secondary N) is 1. The van der Waals surface area contributed by atoms with Crippen molar-refractivity contribution in [2.24, 2.45) is 0 Å². The molecule has 0 spiro atoms. The molecule has 0 aliphatic carbocycles. The maximum atomic E-state index is 13.6. The van der Waals surface area contributed by atoms with Gasteiger partial charge in [0.2, 0.25) is 12.1 Å². The zero-order chi connectivity index (χ0) is 40.5. The van der Waals surface area contributed by atoms with Crippen LogP contribution in [0.15, 0.2) is 48.5 Å². The Morgan fingerprint density at radius 2 is 1.70 bits per heavy atom. The Labute approximate surface area is 331 Å². The van der Waals surface area contributed by atoms with E-state index >= 15 is 0 Å². The Hall–Kier alpha value is -5.66. The highest BCUT2D eigenvalue weighted by Gasteiger charge is 2.51. The molecule has 2 fully saturated rings. The monoisotopic (exact) mass is 811 g/mol. The van der Waals surface area contributed by atoms with E-state index in [1.807, 2.05) is 55.5 Å². The van der Waals surface area contributed by atoms with Crippen molar-refractivity contribution in [3.8, 4) is 22.5 Å². The molecule has 6 rings (SSSR count). The van der Waals surface area contributed by atoms with Crippen LogP contribution in [0.5, 0.6) is 0 Å². The lowest BCUT2D eigenvalue weighted by molar-refractivity contribution is -0.767. The number of halogens is 1. The molecule has 0 saturated carbocycles. The summed E-state index contributed by atoms with van der Waals surface area (Å²) in [6.45, 7) is 5.15. The highest BCUT2D eigenvalue weighted by Crippen LogP contribution is 2.32. The number of fused-ring (bicyclic) bond motifs is 1. The molecule has 4 aromatic rings. The van der Waals surface area contributed by atoms with Crippen molar-refractivity contribution in [2.45, 2.75) is 103 Å². The molecule has 3 unspecified atom stereocenters. The smallest absolute Gasteiger partial charge is 0.457 e. The van der Waals surface area contributed by atoms with E-state index in [9.17, 15) is 24.5 Å². The van der Waals surface area contributed by atoms with Crippen LogP contribution in [0.25, 0.3) is 22.5 Å². The minimum absolute atomic E-state index is 0.00417. The zero-order valence-electron chi connectivity index (χ0n) is 31.4. The number of hydrogen-bond acceptors (Lipinski definition) is 16. The summed E-state index contributed by atoms with van der Waals surface area (Å²) in [5, 5.41) is 23.9. The summed E-state index contributed by atoms with van der Waals surface area (Å²) in [4.78, 5) is 58.1. The van der Waals surface area contributed by atoms with Gasteiger partial charge in [0.15, 0.2) is 23.1 Å². The van der Waals surface area contributed by atoms with Crippen LogP contribution in [0.1, 0.15) is 74.8 Å². The molecule has 57 heavy (non-hydrogen) atoms. The first-order valence-corrected chi connectivity index (χ1v) is 18.9. The first-order valence-electron chi connectivity index (χ1n) is 18.5. The molecule has 20 heteroatoms. The second-order valence-electron chi connectivity index (χ2n) is 13.5. The lowest BCUT2D eigenvalue weighted by Gasteiger charge is -2.19. The van der Waals surface area contributed by atoms with Gasteiger partial charge in [-0.1, -0.05) is 73.5 Å². The number of nitrogens with zero attached hydrogens (tertiary/aromatic N) is 6. The number of unbranched alkanes of at least 4 members (excludes halogenated alkanes) is 1. The SMILES string of the molecule is CCCCc1nc(Cl)c(C(=O)OC(C)OC(=O)O[C@H]2COC3C2OC[C@H]3OC(=O)CCC[C@H](C)O[N+](=O)[O-])n1Cc1ccc(-c2ccccc2-c2nn[nH]n2)cc1. The van der Waals surface area contributed by atoms with E-state index in [0.29, 0.717) is 30.9 Å². The number of ether oxygens (including phenoxy) is 6. The molecule has 2 saturated heterocycles. The van der Waals surface area contributed by atoms with Gasteiger partial charge < -0.3 is 37.8 Å². The van der Waals surface area contributed by atoms with E-state index in [-0.39, 0.29) is 37.0 Å². The fourth-order valence-electron chi connectivity index (χ4n) is 6.65. The summed E-state index contributed by atoms with van der Waals surface area (Å²) in [7, 11) is 0. The average Bonchev–Trinajstić information content (AvgIpc) is 3.98. The lowest BCUT2D eigenvalue weighted by Crippen LogP contribution is -2.36. The van der Waals surface area contributed by atoms with Crippen LogP contribution in [0.4, 0.5) is 4.79 Å². The van der Waals surface area contributed by atoms with Crippen LogP contribution in [0.2, 0.25) is 5.15 Å². The standard InChI is InChI=1S/C37H42ClN7O12/c1-4-5-12-29-39-34(38)31(44(29)18-23-14-16-24(17-15-23)25-10-6-7-11-26(25)35-40-42-43-41-35)36(47)53-22(3)54-37(48)56-28-20-52-32-27(19-51-33(28)32)55-30(46)13-8-9-21(2)57-45(49)50/h6-7,10-11,14-17,21-22,27-28,32-33H,4-5,8-9,12-13,18-20H2,1-3H3,(H,40,41,42,43)/t21-,22?,27+,28-,32?,33?/m0/s1. The third-order valence-corrected chi connectivity index (χ3v) is 9.62. The molecule has 304 valence electrons.